The predicted molar refractivity (Wildman–Crippen MR) is 95.1 cm³/mol. The topological polar surface area (TPSA) is 67.6 Å². The van der Waals surface area contributed by atoms with Crippen LogP contribution >= 0.6 is 0 Å². The number of rotatable bonds is 5. The molecule has 2 aromatic carbocycles. The highest BCUT2D eigenvalue weighted by Crippen LogP contribution is 2.30. The number of carbonyl (C=O) groups is 1. The average molecular weight is 325 g/mol. The highest BCUT2D eigenvalue weighted by atomic mass is 16.5. The van der Waals surface area contributed by atoms with Crippen molar-refractivity contribution in [2.24, 2.45) is 5.73 Å². The van der Waals surface area contributed by atoms with Crippen molar-refractivity contribution in [2.75, 3.05) is 25.1 Å². The Bertz CT molecular complexity index is 690. The van der Waals surface area contributed by atoms with E-state index in [-0.39, 0.29) is 11.9 Å². The molecule has 3 rings (SSSR count). The van der Waals surface area contributed by atoms with Crippen LogP contribution in [0.2, 0.25) is 0 Å². The maximum atomic E-state index is 12.4. The van der Waals surface area contributed by atoms with Gasteiger partial charge in [-0.1, -0.05) is 42.5 Å². The molecule has 1 aliphatic heterocycles. The Morgan fingerprint density at radius 1 is 1.21 bits per heavy atom. The van der Waals surface area contributed by atoms with Crippen molar-refractivity contribution >= 4 is 11.6 Å². The van der Waals surface area contributed by atoms with Crippen LogP contribution in [0.4, 0.5) is 5.69 Å². The lowest BCUT2D eigenvalue weighted by molar-refractivity contribution is -0.123. The molecule has 0 radical (unpaired) electrons. The van der Waals surface area contributed by atoms with E-state index in [2.05, 4.69) is 10.2 Å². The van der Waals surface area contributed by atoms with Crippen molar-refractivity contribution in [2.45, 2.75) is 18.5 Å². The number of benzene rings is 2. The number of carbonyl (C=O) groups excluding carboxylic acids is 1. The van der Waals surface area contributed by atoms with Crippen LogP contribution in [0, 0.1) is 0 Å². The van der Waals surface area contributed by atoms with Gasteiger partial charge in [0, 0.05) is 19.1 Å². The SMILES string of the molecule is COc1ccccc1N1CCC(NC(=O)C(N)c2ccccc2)C1. The molecule has 5 nitrogen and oxygen atoms in total. The molecule has 2 atom stereocenters. The number of nitrogens with two attached hydrogens (primary N) is 1. The van der Waals surface area contributed by atoms with E-state index in [9.17, 15) is 4.79 Å². The standard InChI is InChI=1S/C19H23N3O2/c1-24-17-10-6-5-9-16(17)22-12-11-15(13-22)21-19(23)18(20)14-7-3-2-4-8-14/h2-10,15,18H,11-13,20H2,1H3,(H,21,23). The molecule has 0 spiro atoms. The molecule has 1 heterocycles. The van der Waals surface area contributed by atoms with Crippen LogP contribution in [0.1, 0.15) is 18.0 Å². The van der Waals surface area contributed by atoms with E-state index >= 15 is 0 Å². The van der Waals surface area contributed by atoms with Gasteiger partial charge in [0.1, 0.15) is 11.8 Å². The van der Waals surface area contributed by atoms with Crippen LogP contribution in [0.25, 0.3) is 0 Å². The fourth-order valence-electron chi connectivity index (χ4n) is 3.09. The highest BCUT2D eigenvalue weighted by molar-refractivity contribution is 5.83. The smallest absolute Gasteiger partial charge is 0.241 e. The first-order valence-electron chi connectivity index (χ1n) is 8.18. The Morgan fingerprint density at radius 2 is 1.92 bits per heavy atom. The second kappa shape index (κ2) is 7.36. The summed E-state index contributed by atoms with van der Waals surface area (Å²) in [5.74, 6) is 0.721. The van der Waals surface area contributed by atoms with Gasteiger partial charge in [-0.3, -0.25) is 4.79 Å². The number of ether oxygens (including phenoxy) is 1. The van der Waals surface area contributed by atoms with Gasteiger partial charge in [0.25, 0.3) is 0 Å². The zero-order valence-electron chi connectivity index (χ0n) is 13.8. The molecule has 2 aromatic rings. The Kier molecular flexibility index (Phi) is 5.01. The molecule has 0 aliphatic carbocycles. The summed E-state index contributed by atoms with van der Waals surface area (Å²) in [7, 11) is 1.67. The minimum Gasteiger partial charge on any atom is -0.495 e. The molecule has 0 bridgehead atoms. The van der Waals surface area contributed by atoms with E-state index < -0.39 is 6.04 Å². The Balaban J connectivity index is 1.61. The van der Waals surface area contributed by atoms with Crippen LogP contribution in [0.3, 0.4) is 0 Å². The molecular formula is C19H23N3O2. The maximum Gasteiger partial charge on any atom is 0.241 e. The van der Waals surface area contributed by atoms with Gasteiger partial charge in [-0.15, -0.1) is 0 Å². The molecule has 1 aliphatic rings. The van der Waals surface area contributed by atoms with Gasteiger partial charge in [0.15, 0.2) is 0 Å². The Labute approximate surface area is 142 Å². The van der Waals surface area contributed by atoms with Crippen molar-refractivity contribution in [1.29, 1.82) is 0 Å². The first-order chi connectivity index (χ1) is 11.7. The normalized spacial score (nSPS) is 18.2. The van der Waals surface area contributed by atoms with Gasteiger partial charge in [-0.2, -0.15) is 0 Å². The van der Waals surface area contributed by atoms with Crippen molar-refractivity contribution < 1.29 is 9.53 Å². The molecule has 126 valence electrons. The van der Waals surface area contributed by atoms with Crippen LogP contribution in [-0.4, -0.2) is 32.1 Å². The molecule has 1 fully saturated rings. The summed E-state index contributed by atoms with van der Waals surface area (Å²) in [4.78, 5) is 14.6. The zero-order chi connectivity index (χ0) is 16.9. The Hall–Kier alpha value is -2.53. The lowest BCUT2D eigenvalue weighted by Crippen LogP contribution is -2.42. The molecular weight excluding hydrogens is 302 g/mol. The molecule has 3 N–H and O–H groups in total. The summed E-state index contributed by atoms with van der Waals surface area (Å²) in [6, 6.07) is 16.8. The van der Waals surface area contributed by atoms with Crippen molar-refractivity contribution in [3.8, 4) is 5.75 Å². The predicted octanol–water partition coefficient (Wildman–Crippen LogP) is 2.09. The lowest BCUT2D eigenvalue weighted by atomic mass is 10.1. The van der Waals surface area contributed by atoms with Crippen molar-refractivity contribution in [1.82, 2.24) is 5.32 Å². The lowest BCUT2D eigenvalue weighted by Gasteiger charge is -2.22. The summed E-state index contributed by atoms with van der Waals surface area (Å²) < 4.78 is 5.42. The molecule has 1 saturated heterocycles. The van der Waals surface area contributed by atoms with E-state index in [0.717, 1.165) is 36.5 Å². The second-order valence-electron chi connectivity index (χ2n) is 6.00. The van der Waals surface area contributed by atoms with Crippen LogP contribution in [0.15, 0.2) is 54.6 Å². The summed E-state index contributed by atoms with van der Waals surface area (Å²) in [5, 5.41) is 3.07. The minimum atomic E-state index is -0.633. The fraction of sp³-hybridized carbons (Fsp3) is 0.316. The molecule has 0 aromatic heterocycles. The monoisotopic (exact) mass is 325 g/mol. The number of methoxy groups -OCH3 is 1. The van der Waals surface area contributed by atoms with Gasteiger partial charge in [0.05, 0.1) is 12.8 Å². The maximum absolute atomic E-state index is 12.4. The largest absolute Gasteiger partial charge is 0.495 e. The summed E-state index contributed by atoms with van der Waals surface area (Å²) >= 11 is 0. The van der Waals surface area contributed by atoms with E-state index in [1.165, 1.54) is 0 Å². The summed E-state index contributed by atoms with van der Waals surface area (Å²) in [6.45, 7) is 1.64. The zero-order valence-corrected chi connectivity index (χ0v) is 13.8. The van der Waals surface area contributed by atoms with E-state index in [1.54, 1.807) is 7.11 Å². The third-order valence-electron chi connectivity index (χ3n) is 4.40. The number of para-hydroxylation sites is 2. The van der Waals surface area contributed by atoms with Gasteiger partial charge in [-0.05, 0) is 24.1 Å². The molecule has 5 heteroatoms. The van der Waals surface area contributed by atoms with E-state index in [0.29, 0.717) is 0 Å². The van der Waals surface area contributed by atoms with Gasteiger partial charge < -0.3 is 20.7 Å². The first-order valence-corrected chi connectivity index (χ1v) is 8.18. The number of hydrogen-bond donors (Lipinski definition) is 2. The van der Waals surface area contributed by atoms with Gasteiger partial charge in [-0.25, -0.2) is 0 Å². The number of anilines is 1. The van der Waals surface area contributed by atoms with Crippen molar-refractivity contribution in [3.05, 3.63) is 60.2 Å². The molecule has 0 saturated carbocycles. The minimum absolute atomic E-state index is 0.0946. The summed E-state index contributed by atoms with van der Waals surface area (Å²) in [6.07, 6.45) is 0.894. The van der Waals surface area contributed by atoms with Gasteiger partial charge >= 0.3 is 0 Å². The number of nitrogens with one attached hydrogen (secondary N) is 1. The number of nitrogens with zero attached hydrogens (tertiary/aromatic N) is 1. The number of hydrogen-bond acceptors (Lipinski definition) is 4. The molecule has 1 amide bonds. The molecule has 2 unspecified atom stereocenters. The van der Waals surface area contributed by atoms with Crippen molar-refractivity contribution in [3.63, 3.8) is 0 Å². The Morgan fingerprint density at radius 3 is 2.67 bits per heavy atom. The third-order valence-corrected chi connectivity index (χ3v) is 4.40. The third kappa shape index (κ3) is 3.51. The summed E-state index contributed by atoms with van der Waals surface area (Å²) in [5.41, 5.74) is 7.95. The first kappa shape index (κ1) is 16.3. The van der Waals surface area contributed by atoms with Crippen LogP contribution in [-0.2, 0) is 4.79 Å². The van der Waals surface area contributed by atoms with Crippen LogP contribution < -0.4 is 20.7 Å². The quantitative estimate of drug-likeness (QED) is 0.883. The van der Waals surface area contributed by atoms with Crippen LogP contribution in [0.5, 0.6) is 5.75 Å². The van der Waals surface area contributed by atoms with E-state index in [1.807, 2.05) is 54.6 Å². The number of amides is 1. The van der Waals surface area contributed by atoms with E-state index in [4.69, 9.17) is 10.5 Å². The fourth-order valence-corrected chi connectivity index (χ4v) is 3.09. The molecule has 24 heavy (non-hydrogen) atoms. The second-order valence-corrected chi connectivity index (χ2v) is 6.00. The highest BCUT2D eigenvalue weighted by Gasteiger charge is 2.27. The average Bonchev–Trinajstić information content (AvgIpc) is 3.10. The van der Waals surface area contributed by atoms with Gasteiger partial charge in [0.2, 0.25) is 5.91 Å².